The molecule has 0 unspecified atom stereocenters. The molecule has 1 aliphatic carbocycles. The second-order valence-corrected chi connectivity index (χ2v) is 5.36. The van der Waals surface area contributed by atoms with Gasteiger partial charge in [-0.2, -0.15) is 0 Å². The van der Waals surface area contributed by atoms with Gasteiger partial charge < -0.3 is 0 Å². The molecule has 1 fully saturated rings. The van der Waals surface area contributed by atoms with Gasteiger partial charge in [0.1, 0.15) is 5.82 Å². The molecule has 0 amide bonds. The lowest BCUT2D eigenvalue weighted by Gasteiger charge is -2.27. The molecule has 0 aromatic carbocycles. The maximum absolute atomic E-state index is 4.47. The van der Waals surface area contributed by atoms with Gasteiger partial charge in [-0.15, -0.1) is 0 Å². The van der Waals surface area contributed by atoms with E-state index in [4.69, 9.17) is 0 Å². The van der Waals surface area contributed by atoms with Crippen LogP contribution >= 0.6 is 0 Å². The van der Waals surface area contributed by atoms with Crippen molar-refractivity contribution in [3.05, 3.63) is 23.8 Å². The summed E-state index contributed by atoms with van der Waals surface area (Å²) in [5.41, 5.74) is 1.24. The highest BCUT2D eigenvalue weighted by atomic mass is 14.9. The summed E-state index contributed by atoms with van der Waals surface area (Å²) in [6.45, 7) is 4.46. The monoisotopic (exact) mass is 232 g/mol. The molecule has 2 heteroatoms. The highest BCUT2D eigenvalue weighted by molar-refractivity contribution is 5.05. The highest BCUT2D eigenvalue weighted by Crippen LogP contribution is 2.31. The predicted molar refractivity (Wildman–Crippen MR) is 70.9 cm³/mol. The van der Waals surface area contributed by atoms with Gasteiger partial charge >= 0.3 is 0 Å². The maximum Gasteiger partial charge on any atom is 0.128 e. The Morgan fingerprint density at radius 1 is 1.00 bits per heavy atom. The van der Waals surface area contributed by atoms with E-state index in [1.807, 2.05) is 12.4 Å². The molecule has 0 bridgehead atoms. The molecule has 17 heavy (non-hydrogen) atoms. The van der Waals surface area contributed by atoms with Crippen LogP contribution in [0.5, 0.6) is 0 Å². The summed E-state index contributed by atoms with van der Waals surface area (Å²) < 4.78 is 0. The first-order valence-electron chi connectivity index (χ1n) is 7.11. The minimum absolute atomic E-state index is 0.824. The van der Waals surface area contributed by atoms with Crippen molar-refractivity contribution >= 4 is 0 Å². The van der Waals surface area contributed by atoms with Crippen LogP contribution in [-0.4, -0.2) is 9.97 Å². The second-order valence-electron chi connectivity index (χ2n) is 5.36. The van der Waals surface area contributed by atoms with Gasteiger partial charge in [0, 0.05) is 18.8 Å². The van der Waals surface area contributed by atoms with Crippen LogP contribution in [0.4, 0.5) is 0 Å². The highest BCUT2D eigenvalue weighted by Gasteiger charge is 2.20. The Morgan fingerprint density at radius 3 is 2.12 bits per heavy atom. The van der Waals surface area contributed by atoms with Crippen molar-refractivity contribution in [1.82, 2.24) is 9.97 Å². The molecule has 0 radical (unpaired) electrons. The van der Waals surface area contributed by atoms with Crippen LogP contribution in [0.3, 0.4) is 0 Å². The van der Waals surface area contributed by atoms with E-state index in [0.717, 1.165) is 30.5 Å². The lowest BCUT2D eigenvalue weighted by molar-refractivity contribution is 0.265. The third-order valence-electron chi connectivity index (χ3n) is 4.18. The minimum Gasteiger partial charge on any atom is -0.241 e. The zero-order chi connectivity index (χ0) is 12.1. The van der Waals surface area contributed by atoms with E-state index in [1.165, 1.54) is 37.7 Å². The summed E-state index contributed by atoms with van der Waals surface area (Å²) in [4.78, 5) is 8.94. The SMILES string of the molecule is CCc1cnc(CC2CCC(CC)CC2)nc1. The van der Waals surface area contributed by atoms with E-state index in [1.54, 1.807) is 0 Å². The molecule has 0 spiro atoms. The van der Waals surface area contributed by atoms with Crippen molar-refractivity contribution in [2.75, 3.05) is 0 Å². The standard InChI is InChI=1S/C15H24N2/c1-3-12-5-7-14(8-6-12)9-15-16-10-13(4-2)11-17-15/h10-12,14H,3-9H2,1-2H3. The van der Waals surface area contributed by atoms with Crippen molar-refractivity contribution < 1.29 is 0 Å². The molecule has 0 saturated heterocycles. The fraction of sp³-hybridized carbons (Fsp3) is 0.733. The average Bonchev–Trinajstić information content (AvgIpc) is 2.40. The van der Waals surface area contributed by atoms with Gasteiger partial charge in [-0.3, -0.25) is 0 Å². The summed E-state index contributed by atoms with van der Waals surface area (Å²) in [5.74, 6) is 2.85. The fourth-order valence-electron chi connectivity index (χ4n) is 2.77. The van der Waals surface area contributed by atoms with Crippen LogP contribution in [0.1, 0.15) is 57.3 Å². The molecule has 1 heterocycles. The van der Waals surface area contributed by atoms with Gasteiger partial charge in [-0.05, 0) is 36.7 Å². The van der Waals surface area contributed by atoms with Crippen LogP contribution in [0.2, 0.25) is 0 Å². The Bertz CT molecular complexity index is 323. The number of nitrogens with zero attached hydrogens (tertiary/aromatic N) is 2. The lowest BCUT2D eigenvalue weighted by atomic mass is 9.79. The van der Waals surface area contributed by atoms with Gasteiger partial charge in [-0.25, -0.2) is 9.97 Å². The Hall–Kier alpha value is -0.920. The van der Waals surface area contributed by atoms with Gasteiger partial charge in [-0.1, -0.05) is 33.1 Å². The maximum atomic E-state index is 4.47. The first kappa shape index (κ1) is 12.5. The average molecular weight is 232 g/mol. The Balaban J connectivity index is 1.84. The topological polar surface area (TPSA) is 25.8 Å². The molecule has 1 aromatic rings. The van der Waals surface area contributed by atoms with E-state index in [-0.39, 0.29) is 0 Å². The van der Waals surface area contributed by atoms with E-state index in [9.17, 15) is 0 Å². The number of aromatic nitrogens is 2. The van der Waals surface area contributed by atoms with Crippen LogP contribution in [0, 0.1) is 11.8 Å². The zero-order valence-corrected chi connectivity index (χ0v) is 11.2. The number of aryl methyl sites for hydroxylation is 1. The van der Waals surface area contributed by atoms with E-state index < -0.39 is 0 Å². The van der Waals surface area contributed by atoms with Gasteiger partial charge in [0.15, 0.2) is 0 Å². The van der Waals surface area contributed by atoms with Gasteiger partial charge in [0.2, 0.25) is 0 Å². The normalized spacial score (nSPS) is 24.8. The molecule has 0 atom stereocenters. The van der Waals surface area contributed by atoms with Crippen molar-refractivity contribution in [3.63, 3.8) is 0 Å². The molecule has 0 aliphatic heterocycles. The predicted octanol–water partition coefficient (Wildman–Crippen LogP) is 3.80. The van der Waals surface area contributed by atoms with E-state index >= 15 is 0 Å². The van der Waals surface area contributed by atoms with Crippen molar-refractivity contribution in [2.24, 2.45) is 11.8 Å². The molecular formula is C15H24N2. The molecule has 1 aliphatic rings. The molecule has 1 saturated carbocycles. The van der Waals surface area contributed by atoms with Crippen molar-refractivity contribution in [2.45, 2.75) is 58.8 Å². The lowest BCUT2D eigenvalue weighted by Crippen LogP contribution is -2.16. The fourth-order valence-corrected chi connectivity index (χ4v) is 2.77. The summed E-state index contributed by atoms with van der Waals surface area (Å²) in [7, 11) is 0. The molecule has 94 valence electrons. The second kappa shape index (κ2) is 6.13. The minimum atomic E-state index is 0.824. The Kier molecular flexibility index (Phi) is 4.52. The largest absolute Gasteiger partial charge is 0.241 e. The van der Waals surface area contributed by atoms with Gasteiger partial charge in [0.25, 0.3) is 0 Å². The van der Waals surface area contributed by atoms with E-state index in [2.05, 4.69) is 23.8 Å². The van der Waals surface area contributed by atoms with Crippen molar-refractivity contribution in [3.8, 4) is 0 Å². The number of rotatable bonds is 4. The third-order valence-corrected chi connectivity index (χ3v) is 4.18. The summed E-state index contributed by atoms with van der Waals surface area (Å²) in [5, 5.41) is 0. The Morgan fingerprint density at radius 2 is 1.59 bits per heavy atom. The molecule has 0 N–H and O–H groups in total. The van der Waals surface area contributed by atoms with E-state index in [0.29, 0.717) is 0 Å². The smallest absolute Gasteiger partial charge is 0.128 e. The zero-order valence-electron chi connectivity index (χ0n) is 11.2. The number of hydrogen-bond donors (Lipinski definition) is 0. The summed E-state index contributed by atoms with van der Waals surface area (Å²) >= 11 is 0. The summed E-state index contributed by atoms with van der Waals surface area (Å²) in [6.07, 6.45) is 13.0. The summed E-state index contributed by atoms with van der Waals surface area (Å²) in [6, 6.07) is 0. The quantitative estimate of drug-likeness (QED) is 0.789. The van der Waals surface area contributed by atoms with Crippen LogP contribution in [0.15, 0.2) is 12.4 Å². The number of hydrogen-bond acceptors (Lipinski definition) is 2. The van der Waals surface area contributed by atoms with Crippen molar-refractivity contribution in [1.29, 1.82) is 0 Å². The first-order valence-corrected chi connectivity index (χ1v) is 7.11. The molecular weight excluding hydrogens is 208 g/mol. The third kappa shape index (κ3) is 3.52. The van der Waals surface area contributed by atoms with Crippen LogP contribution < -0.4 is 0 Å². The molecule has 2 rings (SSSR count). The van der Waals surface area contributed by atoms with Crippen LogP contribution in [-0.2, 0) is 12.8 Å². The molecule has 1 aromatic heterocycles. The first-order chi connectivity index (χ1) is 8.31. The van der Waals surface area contributed by atoms with Gasteiger partial charge in [0.05, 0.1) is 0 Å². The molecule has 2 nitrogen and oxygen atoms in total. The Labute approximate surface area is 105 Å². The van der Waals surface area contributed by atoms with Crippen LogP contribution in [0.25, 0.3) is 0 Å².